The molecule has 0 spiro atoms. The van der Waals surface area contributed by atoms with Gasteiger partial charge in [-0.1, -0.05) is 30.3 Å². The first-order valence-corrected chi connectivity index (χ1v) is 6.50. The zero-order valence-electron chi connectivity index (χ0n) is 11.3. The van der Waals surface area contributed by atoms with Crippen molar-refractivity contribution < 1.29 is 0 Å². The molecule has 2 aromatic carbocycles. The van der Waals surface area contributed by atoms with Crippen molar-refractivity contribution in [1.29, 1.82) is 0 Å². The van der Waals surface area contributed by atoms with Crippen molar-refractivity contribution in [3.05, 3.63) is 60.3 Å². The SMILES string of the molecule is CN(Cc1cccc(N)c1)c1cnnc2ccccc12. The van der Waals surface area contributed by atoms with Gasteiger partial charge in [-0.25, -0.2) is 0 Å². The molecule has 3 aromatic rings. The third-order valence-corrected chi connectivity index (χ3v) is 3.31. The second-order valence-electron chi connectivity index (χ2n) is 4.85. The summed E-state index contributed by atoms with van der Waals surface area (Å²) in [5.41, 5.74) is 9.76. The van der Waals surface area contributed by atoms with E-state index < -0.39 is 0 Å². The van der Waals surface area contributed by atoms with Crippen LogP contribution in [0.1, 0.15) is 5.56 Å². The molecule has 0 atom stereocenters. The van der Waals surface area contributed by atoms with Crippen molar-refractivity contribution in [2.75, 3.05) is 17.7 Å². The average Bonchev–Trinajstić information content (AvgIpc) is 2.46. The molecule has 20 heavy (non-hydrogen) atoms. The van der Waals surface area contributed by atoms with E-state index in [9.17, 15) is 0 Å². The Morgan fingerprint density at radius 3 is 2.80 bits per heavy atom. The highest BCUT2D eigenvalue weighted by atomic mass is 15.1. The minimum Gasteiger partial charge on any atom is -0.399 e. The lowest BCUT2D eigenvalue weighted by atomic mass is 10.1. The fourth-order valence-electron chi connectivity index (χ4n) is 2.35. The highest BCUT2D eigenvalue weighted by Gasteiger charge is 2.08. The van der Waals surface area contributed by atoms with Crippen molar-refractivity contribution in [2.45, 2.75) is 6.54 Å². The van der Waals surface area contributed by atoms with Gasteiger partial charge in [-0.15, -0.1) is 0 Å². The molecular formula is C16H16N4. The van der Waals surface area contributed by atoms with Crippen molar-refractivity contribution in [1.82, 2.24) is 10.2 Å². The van der Waals surface area contributed by atoms with Gasteiger partial charge in [0.25, 0.3) is 0 Å². The highest BCUT2D eigenvalue weighted by molar-refractivity contribution is 5.90. The molecule has 0 aliphatic rings. The van der Waals surface area contributed by atoms with Crippen molar-refractivity contribution in [3.8, 4) is 0 Å². The zero-order valence-corrected chi connectivity index (χ0v) is 11.3. The van der Waals surface area contributed by atoms with E-state index in [1.54, 1.807) is 6.20 Å². The van der Waals surface area contributed by atoms with Gasteiger partial charge < -0.3 is 10.6 Å². The maximum atomic E-state index is 5.82. The Kier molecular flexibility index (Phi) is 3.21. The van der Waals surface area contributed by atoms with E-state index in [2.05, 4.69) is 27.2 Å². The summed E-state index contributed by atoms with van der Waals surface area (Å²) in [5.74, 6) is 0. The van der Waals surface area contributed by atoms with Gasteiger partial charge in [-0.05, 0) is 23.8 Å². The molecule has 0 saturated heterocycles. The molecule has 0 bridgehead atoms. The molecule has 4 nitrogen and oxygen atoms in total. The summed E-state index contributed by atoms with van der Waals surface area (Å²) in [6, 6.07) is 16.0. The third kappa shape index (κ3) is 2.40. The first kappa shape index (κ1) is 12.4. The van der Waals surface area contributed by atoms with Crippen LogP contribution in [-0.2, 0) is 6.54 Å². The van der Waals surface area contributed by atoms with Gasteiger partial charge in [0.05, 0.1) is 17.4 Å². The van der Waals surface area contributed by atoms with Gasteiger partial charge in [0, 0.05) is 24.7 Å². The van der Waals surface area contributed by atoms with E-state index in [0.717, 1.165) is 28.8 Å². The van der Waals surface area contributed by atoms with Gasteiger partial charge in [0.2, 0.25) is 0 Å². The number of anilines is 2. The maximum Gasteiger partial charge on any atom is 0.0950 e. The van der Waals surface area contributed by atoms with Crippen LogP contribution in [0.3, 0.4) is 0 Å². The number of hydrogen-bond donors (Lipinski definition) is 1. The van der Waals surface area contributed by atoms with Crippen LogP contribution in [0.2, 0.25) is 0 Å². The predicted octanol–water partition coefficient (Wildman–Crippen LogP) is 2.85. The number of benzene rings is 2. The molecule has 0 saturated carbocycles. The van der Waals surface area contributed by atoms with E-state index in [1.807, 2.05) is 43.4 Å². The molecule has 0 unspecified atom stereocenters. The number of nitrogens with zero attached hydrogens (tertiary/aromatic N) is 3. The Labute approximate surface area is 117 Å². The van der Waals surface area contributed by atoms with Gasteiger partial charge in [0.1, 0.15) is 0 Å². The molecule has 1 aromatic heterocycles. The van der Waals surface area contributed by atoms with E-state index in [4.69, 9.17) is 5.73 Å². The van der Waals surface area contributed by atoms with Crippen LogP contribution in [0.4, 0.5) is 11.4 Å². The van der Waals surface area contributed by atoms with Crippen molar-refractivity contribution in [2.24, 2.45) is 0 Å². The number of rotatable bonds is 3. The summed E-state index contributed by atoms with van der Waals surface area (Å²) in [6.45, 7) is 0.778. The Bertz CT molecular complexity index is 734. The number of aromatic nitrogens is 2. The van der Waals surface area contributed by atoms with Crippen LogP contribution in [0.5, 0.6) is 0 Å². The first-order chi connectivity index (χ1) is 9.74. The van der Waals surface area contributed by atoms with E-state index in [-0.39, 0.29) is 0 Å². The molecule has 0 fully saturated rings. The van der Waals surface area contributed by atoms with Crippen LogP contribution < -0.4 is 10.6 Å². The maximum absolute atomic E-state index is 5.82. The lowest BCUT2D eigenvalue weighted by Gasteiger charge is -2.20. The van der Waals surface area contributed by atoms with Crippen LogP contribution >= 0.6 is 0 Å². The molecule has 3 rings (SSSR count). The zero-order chi connectivity index (χ0) is 13.9. The van der Waals surface area contributed by atoms with Gasteiger partial charge in [-0.3, -0.25) is 0 Å². The Morgan fingerprint density at radius 1 is 1.10 bits per heavy atom. The molecule has 4 heteroatoms. The number of nitrogen functional groups attached to an aromatic ring is 1. The molecular weight excluding hydrogens is 248 g/mol. The summed E-state index contributed by atoms with van der Waals surface area (Å²) in [6.07, 6.45) is 1.80. The smallest absolute Gasteiger partial charge is 0.0950 e. The summed E-state index contributed by atoms with van der Waals surface area (Å²) >= 11 is 0. The van der Waals surface area contributed by atoms with Gasteiger partial charge in [-0.2, -0.15) is 10.2 Å². The van der Waals surface area contributed by atoms with Gasteiger partial charge >= 0.3 is 0 Å². The van der Waals surface area contributed by atoms with E-state index in [0.29, 0.717) is 0 Å². The molecule has 0 amide bonds. The van der Waals surface area contributed by atoms with Crippen LogP contribution in [0.25, 0.3) is 10.9 Å². The van der Waals surface area contributed by atoms with Crippen LogP contribution in [-0.4, -0.2) is 17.2 Å². The topological polar surface area (TPSA) is 55.0 Å². The van der Waals surface area contributed by atoms with Crippen LogP contribution in [0.15, 0.2) is 54.7 Å². The number of nitrogens with two attached hydrogens (primary N) is 1. The normalized spacial score (nSPS) is 10.7. The largest absolute Gasteiger partial charge is 0.399 e. The highest BCUT2D eigenvalue weighted by Crippen LogP contribution is 2.24. The summed E-state index contributed by atoms with van der Waals surface area (Å²) in [4.78, 5) is 2.16. The fourth-order valence-corrected chi connectivity index (χ4v) is 2.35. The summed E-state index contributed by atoms with van der Waals surface area (Å²) in [5, 5.41) is 9.33. The molecule has 0 aliphatic heterocycles. The minimum atomic E-state index is 0.778. The Morgan fingerprint density at radius 2 is 1.95 bits per heavy atom. The Balaban J connectivity index is 1.94. The van der Waals surface area contributed by atoms with Gasteiger partial charge in [0.15, 0.2) is 0 Å². The predicted molar refractivity (Wildman–Crippen MR) is 82.5 cm³/mol. The van der Waals surface area contributed by atoms with Crippen LogP contribution in [0, 0.1) is 0 Å². The standard InChI is InChI=1S/C16H16N4/c1-20(11-12-5-4-6-13(17)9-12)16-10-18-19-15-8-3-2-7-14(15)16/h2-10H,11,17H2,1H3. The lowest BCUT2D eigenvalue weighted by molar-refractivity contribution is 0.915. The minimum absolute atomic E-state index is 0.778. The van der Waals surface area contributed by atoms with Crippen molar-refractivity contribution >= 4 is 22.3 Å². The molecule has 0 aliphatic carbocycles. The van der Waals surface area contributed by atoms with E-state index in [1.165, 1.54) is 5.56 Å². The third-order valence-electron chi connectivity index (χ3n) is 3.31. The number of hydrogen-bond acceptors (Lipinski definition) is 4. The van der Waals surface area contributed by atoms with Crippen molar-refractivity contribution in [3.63, 3.8) is 0 Å². The van der Waals surface area contributed by atoms with E-state index >= 15 is 0 Å². The molecule has 2 N–H and O–H groups in total. The average molecular weight is 264 g/mol. The fraction of sp³-hybridized carbons (Fsp3) is 0.125. The summed E-state index contributed by atoms with van der Waals surface area (Å²) < 4.78 is 0. The second-order valence-corrected chi connectivity index (χ2v) is 4.85. The molecule has 100 valence electrons. The Hall–Kier alpha value is -2.62. The summed E-state index contributed by atoms with van der Waals surface area (Å²) in [7, 11) is 2.05. The first-order valence-electron chi connectivity index (χ1n) is 6.50. The molecule has 1 heterocycles. The lowest BCUT2D eigenvalue weighted by Crippen LogP contribution is -2.17. The number of fused-ring (bicyclic) bond motifs is 1. The quantitative estimate of drug-likeness (QED) is 0.739. The second kappa shape index (κ2) is 5.17. The monoisotopic (exact) mass is 264 g/mol. The molecule has 0 radical (unpaired) electrons.